The van der Waals surface area contributed by atoms with E-state index in [0.29, 0.717) is 0 Å². The molecule has 0 saturated heterocycles. The zero-order valence-electron chi connectivity index (χ0n) is 19.9. The minimum Gasteiger partial charge on any atom is -0.383 e. The summed E-state index contributed by atoms with van der Waals surface area (Å²) < 4.78 is 3.75. The van der Waals surface area contributed by atoms with Crippen LogP contribution in [0, 0.1) is 6.92 Å². The molecule has 2 aliphatic rings. The molecule has 0 saturated carbocycles. The third-order valence-corrected chi connectivity index (χ3v) is 7.02. The number of nitrogens with zero attached hydrogens (tertiary/aromatic N) is 3. The van der Waals surface area contributed by atoms with Crippen LogP contribution in [0.5, 0.6) is 0 Å². The number of anilines is 1. The van der Waals surface area contributed by atoms with Gasteiger partial charge in [-0.3, -0.25) is 4.98 Å². The van der Waals surface area contributed by atoms with E-state index in [1.165, 1.54) is 40.6 Å². The number of aromatic nitrogens is 2. The van der Waals surface area contributed by atoms with Gasteiger partial charge in [0.2, 0.25) is 5.36 Å². The molecule has 1 aromatic heterocycles. The van der Waals surface area contributed by atoms with Crippen LogP contribution in [0.15, 0.2) is 36.4 Å². The van der Waals surface area contributed by atoms with Crippen LogP contribution in [0.3, 0.4) is 0 Å². The van der Waals surface area contributed by atoms with Crippen LogP contribution in [0.4, 0.5) is 5.69 Å². The van der Waals surface area contributed by atoms with E-state index in [4.69, 9.17) is 9.97 Å². The molecule has 5 heteroatoms. The Balaban J connectivity index is 1.92. The largest absolute Gasteiger partial charge is 0.383 e. The molecule has 1 aliphatic heterocycles. The van der Waals surface area contributed by atoms with E-state index in [0.717, 1.165) is 59.5 Å². The summed E-state index contributed by atoms with van der Waals surface area (Å²) in [6.45, 7) is 12.0. The SMILES string of the molecule is CCCC[N+](CCCC)=c1ccc2nc3c(cc(NCCC)c4nc(C)ccc43)sc-2c1. The molecule has 0 radical (unpaired) electrons. The van der Waals surface area contributed by atoms with Crippen molar-refractivity contribution in [1.29, 1.82) is 0 Å². The molecule has 2 aromatic rings. The number of aryl methyl sites for hydroxylation is 1. The first kappa shape index (κ1) is 22.7. The fourth-order valence-corrected chi connectivity index (χ4v) is 5.19. The van der Waals surface area contributed by atoms with Crippen LogP contribution in [-0.4, -0.2) is 29.6 Å². The monoisotopic (exact) mass is 447 g/mol. The molecule has 32 heavy (non-hydrogen) atoms. The summed E-state index contributed by atoms with van der Waals surface area (Å²) in [4.78, 5) is 11.2. The zero-order chi connectivity index (χ0) is 22.5. The average molecular weight is 448 g/mol. The van der Waals surface area contributed by atoms with E-state index in [2.05, 4.69) is 67.1 Å². The minimum absolute atomic E-state index is 0.940. The second-order valence-electron chi connectivity index (χ2n) is 8.61. The lowest BCUT2D eigenvalue weighted by molar-refractivity contribution is 0.525. The summed E-state index contributed by atoms with van der Waals surface area (Å²) in [5.74, 6) is 0. The normalized spacial score (nSPS) is 11.5. The van der Waals surface area contributed by atoms with Crippen molar-refractivity contribution in [3.63, 3.8) is 0 Å². The van der Waals surface area contributed by atoms with Crippen LogP contribution in [0.2, 0.25) is 0 Å². The van der Waals surface area contributed by atoms with Gasteiger partial charge in [0.05, 0.1) is 32.0 Å². The van der Waals surface area contributed by atoms with Crippen molar-refractivity contribution in [2.75, 3.05) is 25.0 Å². The van der Waals surface area contributed by atoms with E-state index in [1.807, 2.05) is 18.3 Å². The van der Waals surface area contributed by atoms with Crippen molar-refractivity contribution < 1.29 is 0 Å². The molecule has 1 N–H and O–H groups in total. The number of pyridine rings is 1. The second kappa shape index (κ2) is 10.4. The lowest BCUT2D eigenvalue weighted by Crippen LogP contribution is -2.31. The molecular formula is C27H35N4S+. The summed E-state index contributed by atoms with van der Waals surface area (Å²) >= 11 is 1.84. The highest BCUT2D eigenvalue weighted by molar-refractivity contribution is 7.21. The first-order valence-electron chi connectivity index (χ1n) is 12.1. The van der Waals surface area contributed by atoms with Gasteiger partial charge in [-0.05, 0) is 37.6 Å². The molecule has 0 fully saturated rings. The molecule has 2 heterocycles. The summed E-state index contributed by atoms with van der Waals surface area (Å²) in [6.07, 6.45) is 5.98. The van der Waals surface area contributed by atoms with E-state index in [-0.39, 0.29) is 0 Å². The van der Waals surface area contributed by atoms with Crippen molar-refractivity contribution in [2.24, 2.45) is 0 Å². The minimum atomic E-state index is 0.940. The van der Waals surface area contributed by atoms with Crippen LogP contribution in [0.1, 0.15) is 58.6 Å². The summed E-state index contributed by atoms with van der Waals surface area (Å²) in [5, 5.41) is 6.03. The van der Waals surface area contributed by atoms with Crippen molar-refractivity contribution in [3.8, 4) is 10.6 Å². The van der Waals surface area contributed by atoms with Crippen LogP contribution >= 0.6 is 11.3 Å². The first-order valence-corrected chi connectivity index (χ1v) is 12.9. The maximum Gasteiger partial charge on any atom is 0.201 e. The summed E-state index contributed by atoms with van der Waals surface area (Å²) in [6, 6.07) is 13.3. The Kier molecular flexibility index (Phi) is 7.36. The fourth-order valence-electron chi connectivity index (χ4n) is 4.12. The summed E-state index contributed by atoms with van der Waals surface area (Å²) in [5.41, 5.74) is 5.28. The Bertz CT molecular complexity index is 1250. The molecular weight excluding hydrogens is 412 g/mol. The van der Waals surface area contributed by atoms with Crippen LogP contribution < -0.4 is 15.2 Å². The molecule has 1 aromatic carbocycles. The Morgan fingerprint density at radius 1 is 0.875 bits per heavy atom. The topological polar surface area (TPSA) is 40.8 Å². The van der Waals surface area contributed by atoms with Gasteiger partial charge in [-0.15, -0.1) is 11.3 Å². The highest BCUT2D eigenvalue weighted by Crippen LogP contribution is 2.36. The molecule has 0 amide bonds. The second-order valence-corrected chi connectivity index (χ2v) is 9.69. The molecule has 0 unspecified atom stereocenters. The molecule has 0 atom stereocenters. The Morgan fingerprint density at radius 2 is 1.66 bits per heavy atom. The highest BCUT2D eigenvalue weighted by atomic mass is 32.1. The lowest BCUT2D eigenvalue weighted by Gasteiger charge is -2.13. The maximum absolute atomic E-state index is 5.11. The predicted molar refractivity (Wildman–Crippen MR) is 140 cm³/mol. The Hall–Kier alpha value is -2.53. The number of nitrogens with one attached hydrogen (secondary N) is 1. The molecule has 1 aliphatic carbocycles. The van der Waals surface area contributed by atoms with Gasteiger partial charge < -0.3 is 5.32 Å². The van der Waals surface area contributed by atoms with Gasteiger partial charge in [0.15, 0.2) is 0 Å². The van der Waals surface area contributed by atoms with Gasteiger partial charge >= 0.3 is 0 Å². The number of hydrogen-bond donors (Lipinski definition) is 1. The van der Waals surface area contributed by atoms with Gasteiger partial charge in [-0.2, -0.15) is 0 Å². The van der Waals surface area contributed by atoms with Gasteiger partial charge in [-0.25, -0.2) is 9.56 Å². The molecule has 168 valence electrons. The maximum atomic E-state index is 5.11. The third kappa shape index (κ3) is 4.78. The quantitative estimate of drug-likeness (QED) is 0.182. The van der Waals surface area contributed by atoms with Crippen molar-refractivity contribution in [2.45, 2.75) is 59.8 Å². The molecule has 0 spiro atoms. The molecule has 4 rings (SSSR count). The number of hydrogen-bond acceptors (Lipinski definition) is 4. The van der Waals surface area contributed by atoms with Gasteiger partial charge in [0.25, 0.3) is 0 Å². The number of benzene rings is 2. The van der Waals surface area contributed by atoms with Crippen molar-refractivity contribution in [1.82, 2.24) is 14.5 Å². The molecule has 0 bridgehead atoms. The van der Waals surface area contributed by atoms with Crippen LogP contribution in [0.25, 0.3) is 31.7 Å². The average Bonchev–Trinajstić information content (AvgIpc) is 2.81. The molecule has 4 nitrogen and oxygen atoms in total. The number of unbranched alkanes of at least 4 members (excludes halogenated alkanes) is 2. The van der Waals surface area contributed by atoms with Gasteiger partial charge in [0, 0.05) is 42.6 Å². The number of rotatable bonds is 9. The van der Waals surface area contributed by atoms with Gasteiger partial charge in [0.1, 0.15) is 13.1 Å². The van der Waals surface area contributed by atoms with Crippen molar-refractivity contribution in [3.05, 3.63) is 47.4 Å². The van der Waals surface area contributed by atoms with E-state index >= 15 is 0 Å². The summed E-state index contributed by atoms with van der Waals surface area (Å²) in [7, 11) is 0. The first-order chi connectivity index (χ1) is 15.6. The lowest BCUT2D eigenvalue weighted by atomic mass is 10.1. The zero-order valence-corrected chi connectivity index (χ0v) is 20.7. The van der Waals surface area contributed by atoms with Crippen molar-refractivity contribution >= 4 is 38.1 Å². The fraction of sp³-hybridized carbons (Fsp3) is 0.444. The highest BCUT2D eigenvalue weighted by Gasteiger charge is 2.15. The van der Waals surface area contributed by atoms with E-state index in [1.54, 1.807) is 0 Å². The predicted octanol–water partition coefficient (Wildman–Crippen LogP) is 6.45. The van der Waals surface area contributed by atoms with Gasteiger partial charge in [-0.1, -0.05) is 33.6 Å². The van der Waals surface area contributed by atoms with E-state index in [9.17, 15) is 0 Å². The third-order valence-electron chi connectivity index (χ3n) is 5.94. The standard InChI is InChI=1S/C27H34N4S/c1-5-8-15-31(16-9-6-2)20-11-13-22-24(17-20)32-25-18-23(28-14-7-3)26-21(27(25)30-22)12-10-19(4)29-26/h10-13,17-18H,5-9,14-16H2,1-4H3/p+1. The number of fused-ring (bicyclic) bond motifs is 4. The van der Waals surface area contributed by atoms with Crippen LogP contribution in [-0.2, 0) is 0 Å². The Morgan fingerprint density at radius 3 is 2.38 bits per heavy atom. The van der Waals surface area contributed by atoms with E-state index < -0.39 is 0 Å². The Labute approximate surface area is 195 Å². The smallest absolute Gasteiger partial charge is 0.201 e.